The van der Waals surface area contributed by atoms with Gasteiger partial charge in [0.15, 0.2) is 0 Å². The minimum Gasteiger partial charge on any atom is -0.537 e. The van der Waals surface area contributed by atoms with Crippen molar-refractivity contribution < 1.29 is 14.5 Å². The highest BCUT2D eigenvalue weighted by atomic mass is 16.5. The molecule has 0 saturated carbocycles. The number of nitrogens with zero attached hydrogens (tertiary/aromatic N) is 1. The molecule has 0 aliphatic carbocycles. The number of rotatable bonds is 5. The predicted molar refractivity (Wildman–Crippen MR) is 62.3 cm³/mol. The zero-order valence-electron chi connectivity index (χ0n) is 9.51. The number of carbonyl (C=O) groups excluding carboxylic acids is 1. The molecule has 0 spiro atoms. The van der Waals surface area contributed by atoms with Crippen LogP contribution < -0.4 is 4.65 Å². The molecule has 1 amide bonds. The Morgan fingerprint density at radius 2 is 1.88 bits per heavy atom. The number of benzene rings is 1. The SMILES string of the molecule is CCN(CC)C(=O)c1ccc(O[B]O)cc1. The lowest BCUT2D eigenvalue weighted by molar-refractivity contribution is 0.0773. The molecule has 16 heavy (non-hydrogen) atoms. The van der Waals surface area contributed by atoms with Crippen LogP contribution in [0.15, 0.2) is 24.3 Å². The summed E-state index contributed by atoms with van der Waals surface area (Å²) in [7, 11) is 0.612. The smallest absolute Gasteiger partial charge is 0.537 e. The molecule has 0 aliphatic rings. The van der Waals surface area contributed by atoms with Crippen LogP contribution in [0.25, 0.3) is 0 Å². The number of carbonyl (C=O) groups is 1. The van der Waals surface area contributed by atoms with E-state index in [-0.39, 0.29) is 5.91 Å². The van der Waals surface area contributed by atoms with Crippen LogP contribution in [0.4, 0.5) is 0 Å². The molecular weight excluding hydrogens is 205 g/mol. The van der Waals surface area contributed by atoms with E-state index in [1.807, 2.05) is 13.8 Å². The first kappa shape index (κ1) is 12.6. The molecule has 0 fully saturated rings. The lowest BCUT2D eigenvalue weighted by Crippen LogP contribution is -2.30. The predicted octanol–water partition coefficient (Wildman–Crippen LogP) is 1.07. The second kappa shape index (κ2) is 6.17. The molecule has 0 aliphatic heterocycles. The highest BCUT2D eigenvalue weighted by Gasteiger charge is 2.11. The number of amides is 1. The van der Waals surface area contributed by atoms with Gasteiger partial charge < -0.3 is 14.6 Å². The van der Waals surface area contributed by atoms with E-state index in [9.17, 15) is 4.79 Å². The van der Waals surface area contributed by atoms with Crippen LogP contribution in [-0.4, -0.2) is 36.6 Å². The van der Waals surface area contributed by atoms with Crippen LogP contribution >= 0.6 is 0 Å². The van der Waals surface area contributed by atoms with E-state index in [0.29, 0.717) is 32.1 Å². The van der Waals surface area contributed by atoms with Crippen LogP contribution in [0.1, 0.15) is 24.2 Å². The zero-order valence-corrected chi connectivity index (χ0v) is 9.51. The van der Waals surface area contributed by atoms with E-state index >= 15 is 0 Å². The summed E-state index contributed by atoms with van der Waals surface area (Å²) >= 11 is 0. The summed E-state index contributed by atoms with van der Waals surface area (Å²) < 4.78 is 4.76. The van der Waals surface area contributed by atoms with Gasteiger partial charge in [-0.3, -0.25) is 4.79 Å². The molecule has 4 nitrogen and oxygen atoms in total. The van der Waals surface area contributed by atoms with E-state index < -0.39 is 0 Å². The second-order valence-electron chi connectivity index (χ2n) is 3.23. The molecule has 1 aromatic carbocycles. The summed E-state index contributed by atoms with van der Waals surface area (Å²) in [6, 6.07) is 6.64. The van der Waals surface area contributed by atoms with Gasteiger partial charge in [0.25, 0.3) is 5.91 Å². The van der Waals surface area contributed by atoms with Crippen molar-refractivity contribution in [2.45, 2.75) is 13.8 Å². The summed E-state index contributed by atoms with van der Waals surface area (Å²) in [5.74, 6) is 0.503. The number of hydrogen-bond donors (Lipinski definition) is 1. The summed E-state index contributed by atoms with van der Waals surface area (Å²) in [4.78, 5) is 13.6. The quantitative estimate of drug-likeness (QED) is 0.755. The molecule has 0 bridgehead atoms. The van der Waals surface area contributed by atoms with Crippen LogP contribution in [0.5, 0.6) is 5.75 Å². The Bertz CT molecular complexity index is 336. The molecule has 0 heterocycles. The lowest BCUT2D eigenvalue weighted by Gasteiger charge is -2.18. The lowest BCUT2D eigenvalue weighted by atomic mass is 10.2. The molecule has 0 saturated heterocycles. The van der Waals surface area contributed by atoms with Crippen LogP contribution in [0.2, 0.25) is 0 Å². The first-order valence-corrected chi connectivity index (χ1v) is 5.24. The van der Waals surface area contributed by atoms with Crippen molar-refractivity contribution in [3.8, 4) is 5.75 Å². The molecule has 1 aromatic rings. The van der Waals surface area contributed by atoms with Gasteiger partial charge >= 0.3 is 7.69 Å². The topological polar surface area (TPSA) is 49.8 Å². The number of hydrogen-bond acceptors (Lipinski definition) is 3. The fourth-order valence-corrected chi connectivity index (χ4v) is 1.43. The summed E-state index contributed by atoms with van der Waals surface area (Å²) in [5.41, 5.74) is 0.619. The summed E-state index contributed by atoms with van der Waals surface area (Å²) in [5, 5.41) is 8.44. The fraction of sp³-hybridized carbons (Fsp3) is 0.364. The first-order valence-electron chi connectivity index (χ1n) is 5.24. The third-order valence-corrected chi connectivity index (χ3v) is 2.34. The first-order chi connectivity index (χ1) is 7.72. The highest BCUT2D eigenvalue weighted by Crippen LogP contribution is 2.13. The molecule has 1 radical (unpaired) electrons. The van der Waals surface area contributed by atoms with Gasteiger partial charge in [0.05, 0.1) is 0 Å². The molecule has 85 valence electrons. The minimum atomic E-state index is 0.00419. The Morgan fingerprint density at radius 1 is 1.31 bits per heavy atom. The van der Waals surface area contributed by atoms with Gasteiger partial charge in [-0.2, -0.15) is 0 Å². The third kappa shape index (κ3) is 3.00. The van der Waals surface area contributed by atoms with Crippen molar-refractivity contribution in [3.05, 3.63) is 29.8 Å². The van der Waals surface area contributed by atoms with Gasteiger partial charge in [0.1, 0.15) is 5.75 Å². The van der Waals surface area contributed by atoms with Crippen LogP contribution in [0.3, 0.4) is 0 Å². The van der Waals surface area contributed by atoms with E-state index in [2.05, 4.69) is 0 Å². The Labute approximate surface area is 96.1 Å². The van der Waals surface area contributed by atoms with E-state index in [1.165, 1.54) is 0 Å². The van der Waals surface area contributed by atoms with E-state index in [1.54, 1.807) is 29.2 Å². The average molecular weight is 220 g/mol. The Hall–Kier alpha value is -1.49. The zero-order chi connectivity index (χ0) is 12.0. The maximum Gasteiger partial charge on any atom is 0.569 e. The Balaban J connectivity index is 2.76. The van der Waals surface area contributed by atoms with Gasteiger partial charge in [-0.05, 0) is 38.1 Å². The minimum absolute atomic E-state index is 0.00419. The van der Waals surface area contributed by atoms with Crippen molar-refractivity contribution >= 4 is 13.6 Å². The fourth-order valence-electron chi connectivity index (χ4n) is 1.43. The van der Waals surface area contributed by atoms with Gasteiger partial charge in [-0.25, -0.2) is 0 Å². The van der Waals surface area contributed by atoms with Crippen molar-refractivity contribution in [2.24, 2.45) is 0 Å². The van der Waals surface area contributed by atoms with Gasteiger partial charge in [-0.15, -0.1) is 0 Å². The molecule has 0 aromatic heterocycles. The molecule has 0 atom stereocenters. The largest absolute Gasteiger partial charge is 0.569 e. The summed E-state index contributed by atoms with van der Waals surface area (Å²) in [6.45, 7) is 5.27. The maximum absolute atomic E-state index is 11.9. The van der Waals surface area contributed by atoms with Crippen LogP contribution in [0, 0.1) is 0 Å². The van der Waals surface area contributed by atoms with Crippen molar-refractivity contribution in [1.82, 2.24) is 4.90 Å². The van der Waals surface area contributed by atoms with Crippen molar-refractivity contribution in [1.29, 1.82) is 0 Å². The summed E-state index contributed by atoms with van der Waals surface area (Å²) in [6.07, 6.45) is 0. The van der Waals surface area contributed by atoms with Gasteiger partial charge in [0.2, 0.25) is 0 Å². The van der Waals surface area contributed by atoms with Gasteiger partial charge in [0, 0.05) is 18.7 Å². The maximum atomic E-state index is 11.9. The molecule has 5 heteroatoms. The standard InChI is InChI=1S/C11H15BNO3/c1-3-13(4-2)11(14)9-5-7-10(8-6-9)16-12-15/h5-8,15H,3-4H2,1-2H3. The monoisotopic (exact) mass is 220 g/mol. The Morgan fingerprint density at radius 3 is 2.31 bits per heavy atom. The second-order valence-corrected chi connectivity index (χ2v) is 3.23. The third-order valence-electron chi connectivity index (χ3n) is 2.34. The van der Waals surface area contributed by atoms with E-state index in [4.69, 9.17) is 9.68 Å². The van der Waals surface area contributed by atoms with Crippen molar-refractivity contribution in [3.63, 3.8) is 0 Å². The average Bonchev–Trinajstić information content (AvgIpc) is 2.32. The molecule has 1 rings (SSSR count). The molecule has 1 N–H and O–H groups in total. The van der Waals surface area contributed by atoms with E-state index in [0.717, 1.165) is 0 Å². The Kier molecular flexibility index (Phi) is 4.86. The van der Waals surface area contributed by atoms with Crippen molar-refractivity contribution in [2.75, 3.05) is 13.1 Å². The van der Waals surface area contributed by atoms with Gasteiger partial charge in [-0.1, -0.05) is 0 Å². The van der Waals surface area contributed by atoms with Crippen LogP contribution in [-0.2, 0) is 0 Å². The molecule has 0 unspecified atom stereocenters. The highest BCUT2D eigenvalue weighted by molar-refractivity contribution is 6.17. The normalized spacial score (nSPS) is 9.69. The molecular formula is C11H15BNO3.